The summed E-state index contributed by atoms with van der Waals surface area (Å²) >= 11 is 0. The van der Waals surface area contributed by atoms with Gasteiger partial charge in [0.05, 0.1) is 18.2 Å². The van der Waals surface area contributed by atoms with Crippen molar-refractivity contribution in [3.05, 3.63) is 35.7 Å². The van der Waals surface area contributed by atoms with Crippen LogP contribution in [0.25, 0.3) is 0 Å². The lowest BCUT2D eigenvalue weighted by molar-refractivity contribution is -0.133. The standard InChI is InChI=1S/C26H35N5O3/c32-26(27-13-19-6-7-24-25(11-19)34-17-33-24)23-16-30-9-8-20(23)12-22(30)15-31-14-21(28-29-31)10-18-4-2-1-3-5-18/h6-7,11,14,18,20,22-23H,1-5,8-10,12-13,15-17H2,(H,27,32). The minimum Gasteiger partial charge on any atom is -0.454 e. The predicted octanol–water partition coefficient (Wildman–Crippen LogP) is 3.16. The topological polar surface area (TPSA) is 81.5 Å². The summed E-state index contributed by atoms with van der Waals surface area (Å²) in [5.41, 5.74) is 2.18. The van der Waals surface area contributed by atoms with Gasteiger partial charge >= 0.3 is 0 Å². The van der Waals surface area contributed by atoms with Crippen LogP contribution in [0.2, 0.25) is 0 Å². The van der Waals surface area contributed by atoms with Gasteiger partial charge in [0.25, 0.3) is 0 Å². The molecule has 1 aromatic carbocycles. The molecule has 1 saturated carbocycles. The minimum absolute atomic E-state index is 0.0663. The fourth-order valence-electron chi connectivity index (χ4n) is 6.42. The second-order valence-corrected chi connectivity index (χ2v) is 10.6. The first kappa shape index (κ1) is 21.9. The number of rotatable bonds is 7. The number of piperidine rings is 3. The van der Waals surface area contributed by atoms with E-state index in [0.717, 1.165) is 67.6 Å². The van der Waals surface area contributed by atoms with Crippen LogP contribution in [0, 0.1) is 17.8 Å². The fourth-order valence-corrected chi connectivity index (χ4v) is 6.42. The third kappa shape index (κ3) is 4.65. The first-order valence-corrected chi connectivity index (χ1v) is 13.0. The average Bonchev–Trinajstić information content (AvgIpc) is 3.52. The van der Waals surface area contributed by atoms with Gasteiger partial charge in [-0.05, 0) is 55.3 Å². The van der Waals surface area contributed by atoms with Crippen LogP contribution in [-0.4, -0.2) is 51.7 Å². The molecule has 4 unspecified atom stereocenters. The molecule has 2 aromatic rings. The molecule has 8 heteroatoms. The number of benzene rings is 1. The lowest BCUT2D eigenvalue weighted by atomic mass is 9.75. The number of hydrogen-bond donors (Lipinski definition) is 1. The Balaban J connectivity index is 1.01. The second kappa shape index (κ2) is 9.56. The molecule has 1 N–H and O–H groups in total. The molecule has 3 saturated heterocycles. The lowest BCUT2D eigenvalue weighted by Gasteiger charge is -2.49. The number of fused-ring (bicyclic) bond motifs is 4. The molecule has 0 radical (unpaired) electrons. The Kier molecular flexibility index (Phi) is 6.16. The van der Waals surface area contributed by atoms with E-state index in [4.69, 9.17) is 9.47 Å². The van der Waals surface area contributed by atoms with Gasteiger partial charge in [0.15, 0.2) is 11.5 Å². The van der Waals surface area contributed by atoms with Gasteiger partial charge in [0.2, 0.25) is 12.7 Å². The van der Waals surface area contributed by atoms with Gasteiger partial charge in [0.1, 0.15) is 0 Å². The van der Waals surface area contributed by atoms with Crippen molar-refractivity contribution in [2.75, 3.05) is 19.9 Å². The third-order valence-electron chi connectivity index (χ3n) is 8.33. The molecule has 7 rings (SSSR count). The van der Waals surface area contributed by atoms with Crippen molar-refractivity contribution in [1.82, 2.24) is 25.2 Å². The summed E-state index contributed by atoms with van der Waals surface area (Å²) in [6.45, 7) is 3.57. The summed E-state index contributed by atoms with van der Waals surface area (Å²) < 4.78 is 12.9. The van der Waals surface area contributed by atoms with E-state index in [1.54, 1.807) is 0 Å². The predicted molar refractivity (Wildman–Crippen MR) is 126 cm³/mol. The largest absolute Gasteiger partial charge is 0.454 e. The molecule has 1 amide bonds. The highest BCUT2D eigenvalue weighted by Crippen LogP contribution is 2.37. The summed E-state index contributed by atoms with van der Waals surface area (Å²) in [4.78, 5) is 15.5. The zero-order valence-corrected chi connectivity index (χ0v) is 19.8. The molecule has 5 aliphatic rings. The van der Waals surface area contributed by atoms with Crippen molar-refractivity contribution in [2.24, 2.45) is 17.8 Å². The van der Waals surface area contributed by atoms with E-state index >= 15 is 0 Å². The molecular weight excluding hydrogens is 430 g/mol. The van der Waals surface area contributed by atoms with Gasteiger partial charge < -0.3 is 14.8 Å². The molecule has 182 valence electrons. The molecule has 34 heavy (non-hydrogen) atoms. The van der Waals surface area contributed by atoms with Crippen LogP contribution in [0.15, 0.2) is 24.4 Å². The Bertz CT molecular complexity index is 1020. The summed E-state index contributed by atoms with van der Waals surface area (Å²) in [6, 6.07) is 6.30. The summed E-state index contributed by atoms with van der Waals surface area (Å²) in [6.07, 6.45) is 12.2. The number of ether oxygens (including phenoxy) is 2. The van der Waals surface area contributed by atoms with E-state index in [0.29, 0.717) is 18.5 Å². The molecule has 0 spiro atoms. The minimum atomic E-state index is 0.0663. The van der Waals surface area contributed by atoms with Gasteiger partial charge in [0, 0.05) is 25.3 Å². The molecule has 1 aromatic heterocycles. The highest BCUT2D eigenvalue weighted by atomic mass is 16.7. The Morgan fingerprint density at radius 3 is 2.85 bits per heavy atom. The number of aromatic nitrogens is 3. The van der Waals surface area contributed by atoms with Crippen LogP contribution < -0.4 is 14.8 Å². The molecule has 8 nitrogen and oxygen atoms in total. The number of hydrogen-bond acceptors (Lipinski definition) is 6. The van der Waals surface area contributed by atoms with E-state index in [-0.39, 0.29) is 18.6 Å². The van der Waals surface area contributed by atoms with Crippen LogP contribution in [0.1, 0.15) is 56.2 Å². The number of carbonyl (C=O) groups excluding carboxylic acids is 1. The summed E-state index contributed by atoms with van der Waals surface area (Å²) in [7, 11) is 0. The SMILES string of the molecule is O=C(NCc1ccc2c(c1)OCO2)C1CN2CCC1CC2Cn1cc(CC2CCCCC2)nn1. The Morgan fingerprint density at radius 2 is 2.00 bits per heavy atom. The van der Waals surface area contributed by atoms with Gasteiger partial charge in [-0.3, -0.25) is 14.4 Å². The van der Waals surface area contributed by atoms with Crippen molar-refractivity contribution in [2.45, 2.75) is 70.5 Å². The highest BCUT2D eigenvalue weighted by molar-refractivity contribution is 5.79. The maximum atomic E-state index is 13.0. The molecule has 1 aliphatic carbocycles. The van der Waals surface area contributed by atoms with Crippen LogP contribution >= 0.6 is 0 Å². The fraction of sp³-hybridized carbons (Fsp3) is 0.654. The van der Waals surface area contributed by atoms with E-state index in [1.165, 1.54) is 32.1 Å². The Morgan fingerprint density at radius 1 is 1.12 bits per heavy atom. The Hall–Kier alpha value is -2.61. The number of nitrogens with zero attached hydrogens (tertiary/aromatic N) is 4. The number of amides is 1. The van der Waals surface area contributed by atoms with Crippen molar-refractivity contribution >= 4 is 5.91 Å². The molecule has 4 fully saturated rings. The summed E-state index contributed by atoms with van der Waals surface area (Å²) in [5.74, 6) is 2.99. The first-order chi connectivity index (χ1) is 16.7. The van der Waals surface area contributed by atoms with Crippen molar-refractivity contribution in [1.29, 1.82) is 0 Å². The van der Waals surface area contributed by atoms with Crippen molar-refractivity contribution in [3.8, 4) is 11.5 Å². The average molecular weight is 466 g/mol. The number of nitrogens with one attached hydrogen (secondary N) is 1. The first-order valence-electron chi connectivity index (χ1n) is 13.0. The maximum Gasteiger partial charge on any atom is 0.231 e. The Labute approximate surface area is 201 Å². The zero-order valence-electron chi connectivity index (χ0n) is 19.8. The summed E-state index contributed by atoms with van der Waals surface area (Å²) in [5, 5.41) is 12.1. The van der Waals surface area contributed by atoms with Crippen LogP contribution in [-0.2, 0) is 24.3 Å². The van der Waals surface area contributed by atoms with E-state index < -0.39 is 0 Å². The van der Waals surface area contributed by atoms with Gasteiger partial charge in [-0.2, -0.15) is 0 Å². The molecule has 4 atom stereocenters. The second-order valence-electron chi connectivity index (χ2n) is 10.6. The van der Waals surface area contributed by atoms with E-state index in [9.17, 15) is 4.79 Å². The normalized spacial score (nSPS) is 28.2. The molecule has 2 bridgehead atoms. The van der Waals surface area contributed by atoms with Crippen LogP contribution in [0.4, 0.5) is 0 Å². The molecule has 5 heterocycles. The lowest BCUT2D eigenvalue weighted by Crippen LogP contribution is -2.58. The maximum absolute atomic E-state index is 13.0. The third-order valence-corrected chi connectivity index (χ3v) is 8.33. The van der Waals surface area contributed by atoms with Crippen molar-refractivity contribution in [3.63, 3.8) is 0 Å². The highest BCUT2D eigenvalue weighted by Gasteiger charge is 2.43. The van der Waals surface area contributed by atoms with Gasteiger partial charge in [-0.25, -0.2) is 0 Å². The van der Waals surface area contributed by atoms with Gasteiger partial charge in [-0.15, -0.1) is 5.10 Å². The smallest absolute Gasteiger partial charge is 0.231 e. The van der Waals surface area contributed by atoms with Crippen LogP contribution in [0.5, 0.6) is 11.5 Å². The van der Waals surface area contributed by atoms with Crippen molar-refractivity contribution < 1.29 is 14.3 Å². The van der Waals surface area contributed by atoms with E-state index in [2.05, 4.69) is 26.7 Å². The molecule has 4 aliphatic heterocycles. The van der Waals surface area contributed by atoms with Crippen LogP contribution in [0.3, 0.4) is 0 Å². The number of carbonyl (C=O) groups is 1. The van der Waals surface area contributed by atoms with E-state index in [1.807, 2.05) is 22.9 Å². The quantitative estimate of drug-likeness (QED) is 0.677. The molecular formula is C26H35N5O3. The van der Waals surface area contributed by atoms with Gasteiger partial charge in [-0.1, -0.05) is 43.4 Å². The monoisotopic (exact) mass is 465 g/mol. The zero-order chi connectivity index (χ0) is 22.9.